The molecule has 0 unspecified atom stereocenters. The van der Waals surface area contributed by atoms with E-state index >= 15 is 0 Å². The average Bonchev–Trinajstić information content (AvgIpc) is 2.01. The predicted octanol–water partition coefficient (Wildman–Crippen LogP) is 1.03. The predicted molar refractivity (Wildman–Crippen MR) is 48.8 cm³/mol. The van der Waals surface area contributed by atoms with Crippen LogP contribution in [0.5, 0.6) is 0 Å². The second-order valence-electron chi connectivity index (χ2n) is 4.14. The van der Waals surface area contributed by atoms with Crippen LogP contribution in [-0.2, 0) is 0 Å². The molecule has 1 aliphatic heterocycles. The van der Waals surface area contributed by atoms with Gasteiger partial charge in [-0.1, -0.05) is 0 Å². The number of rotatable bonds is 0. The smallest absolute Gasteiger partial charge is 0.0394 e. The number of hydrogen-bond acceptors (Lipinski definition) is 2. The Hall–Kier alpha value is -0.0800. The number of hydrogen-bond donors (Lipinski definition) is 0. The van der Waals surface area contributed by atoms with Gasteiger partial charge in [-0.25, -0.2) is 0 Å². The van der Waals surface area contributed by atoms with Gasteiger partial charge in [-0.15, -0.1) is 0 Å². The molecule has 0 aromatic rings. The van der Waals surface area contributed by atoms with Gasteiger partial charge in [0.2, 0.25) is 0 Å². The SMILES string of the molecule is [2H]C([2H])([2H])N1CCN(C(C)(C)C)CC1. The molecule has 2 heteroatoms. The Labute approximate surface area is 74.4 Å². The Balaban J connectivity index is 2.47. The Morgan fingerprint density at radius 2 is 1.64 bits per heavy atom. The molecule has 0 bridgehead atoms. The van der Waals surface area contributed by atoms with Crippen molar-refractivity contribution in [3.05, 3.63) is 0 Å². The van der Waals surface area contributed by atoms with Crippen LogP contribution in [0, 0.1) is 0 Å². The maximum Gasteiger partial charge on any atom is 0.0394 e. The zero-order valence-electron chi connectivity index (χ0n) is 10.7. The van der Waals surface area contributed by atoms with E-state index in [1.807, 2.05) is 0 Å². The summed E-state index contributed by atoms with van der Waals surface area (Å²) in [5, 5.41) is 0. The van der Waals surface area contributed by atoms with Gasteiger partial charge in [0.25, 0.3) is 0 Å². The van der Waals surface area contributed by atoms with Gasteiger partial charge < -0.3 is 4.90 Å². The van der Waals surface area contributed by atoms with Crippen molar-refractivity contribution >= 4 is 0 Å². The van der Waals surface area contributed by atoms with Gasteiger partial charge in [-0.05, 0) is 27.7 Å². The summed E-state index contributed by atoms with van der Waals surface area (Å²) < 4.78 is 21.9. The quantitative estimate of drug-likeness (QED) is 0.521. The Morgan fingerprint density at radius 1 is 1.09 bits per heavy atom. The van der Waals surface area contributed by atoms with Crippen LogP contribution >= 0.6 is 0 Å². The van der Waals surface area contributed by atoms with E-state index in [-0.39, 0.29) is 5.54 Å². The largest absolute Gasteiger partial charge is 0.304 e. The van der Waals surface area contributed by atoms with Crippen LogP contribution in [0.2, 0.25) is 0 Å². The van der Waals surface area contributed by atoms with Crippen LogP contribution in [0.3, 0.4) is 0 Å². The lowest BCUT2D eigenvalue weighted by atomic mass is 10.1. The first-order valence-electron chi connectivity index (χ1n) is 5.71. The van der Waals surface area contributed by atoms with E-state index in [0.29, 0.717) is 13.1 Å². The van der Waals surface area contributed by atoms with Gasteiger partial charge in [0, 0.05) is 35.8 Å². The van der Waals surface area contributed by atoms with E-state index in [2.05, 4.69) is 25.7 Å². The summed E-state index contributed by atoms with van der Waals surface area (Å²) in [6.07, 6.45) is 0. The van der Waals surface area contributed by atoms with Gasteiger partial charge in [0.05, 0.1) is 0 Å². The lowest BCUT2D eigenvalue weighted by molar-refractivity contribution is 0.0736. The normalized spacial score (nSPS) is 29.2. The Bertz CT molecular complexity index is 165. The highest BCUT2D eigenvalue weighted by Gasteiger charge is 2.23. The van der Waals surface area contributed by atoms with Crippen molar-refractivity contribution in [2.75, 3.05) is 33.2 Å². The number of likely N-dealkylation sites (N-methyl/N-ethyl adjacent to an activating group) is 1. The van der Waals surface area contributed by atoms with E-state index in [9.17, 15) is 0 Å². The molecule has 2 nitrogen and oxygen atoms in total. The Morgan fingerprint density at radius 3 is 2.00 bits per heavy atom. The second-order valence-corrected chi connectivity index (χ2v) is 4.14. The topological polar surface area (TPSA) is 6.48 Å². The molecular weight excluding hydrogens is 136 g/mol. The maximum atomic E-state index is 7.29. The number of piperazine rings is 1. The van der Waals surface area contributed by atoms with Crippen LogP contribution in [0.4, 0.5) is 0 Å². The molecule has 1 aliphatic rings. The molecule has 0 amide bonds. The molecule has 0 atom stereocenters. The van der Waals surface area contributed by atoms with Gasteiger partial charge in [0.1, 0.15) is 0 Å². The van der Waals surface area contributed by atoms with Crippen molar-refractivity contribution in [2.45, 2.75) is 26.3 Å². The van der Waals surface area contributed by atoms with Crippen LogP contribution in [0.25, 0.3) is 0 Å². The highest BCUT2D eigenvalue weighted by molar-refractivity contribution is 4.80. The zero-order chi connectivity index (χ0) is 11.0. The van der Waals surface area contributed by atoms with Gasteiger partial charge in [-0.2, -0.15) is 0 Å². The fourth-order valence-electron chi connectivity index (χ4n) is 1.38. The van der Waals surface area contributed by atoms with Crippen LogP contribution < -0.4 is 0 Å². The fourth-order valence-corrected chi connectivity index (χ4v) is 1.38. The molecule has 1 saturated heterocycles. The third kappa shape index (κ3) is 2.46. The highest BCUT2D eigenvalue weighted by Crippen LogP contribution is 2.14. The minimum absolute atomic E-state index is 0.154. The molecule has 0 saturated carbocycles. The van der Waals surface area contributed by atoms with E-state index < -0.39 is 6.98 Å². The summed E-state index contributed by atoms with van der Waals surface area (Å²) in [6, 6.07) is 0. The molecule has 66 valence electrons. The Kier molecular flexibility index (Phi) is 1.57. The van der Waals surface area contributed by atoms with Crippen LogP contribution in [0.15, 0.2) is 0 Å². The standard InChI is InChI=1S/C9H20N2/c1-9(2,3)11-7-5-10(4)6-8-11/h5-8H2,1-4H3/i4D3. The van der Waals surface area contributed by atoms with Gasteiger partial charge in [0.15, 0.2) is 0 Å². The fraction of sp³-hybridized carbons (Fsp3) is 1.00. The van der Waals surface area contributed by atoms with E-state index in [4.69, 9.17) is 4.11 Å². The molecule has 1 heterocycles. The van der Waals surface area contributed by atoms with E-state index in [1.54, 1.807) is 4.90 Å². The summed E-state index contributed by atoms with van der Waals surface area (Å²) >= 11 is 0. The minimum atomic E-state index is -1.91. The maximum absolute atomic E-state index is 7.29. The second kappa shape index (κ2) is 3.11. The zero-order valence-corrected chi connectivity index (χ0v) is 7.72. The average molecular weight is 159 g/mol. The number of nitrogens with zero attached hydrogens (tertiary/aromatic N) is 2. The van der Waals surface area contributed by atoms with Crippen molar-refractivity contribution in [1.29, 1.82) is 0 Å². The summed E-state index contributed by atoms with van der Waals surface area (Å²) in [5.41, 5.74) is 0.154. The van der Waals surface area contributed by atoms with Crippen molar-refractivity contribution < 1.29 is 4.11 Å². The summed E-state index contributed by atoms with van der Waals surface area (Å²) in [7, 11) is 0. The van der Waals surface area contributed by atoms with Gasteiger partial charge >= 0.3 is 0 Å². The molecule has 11 heavy (non-hydrogen) atoms. The van der Waals surface area contributed by atoms with Crippen LogP contribution in [0.1, 0.15) is 24.9 Å². The first-order valence-corrected chi connectivity index (χ1v) is 4.21. The van der Waals surface area contributed by atoms with Crippen molar-refractivity contribution in [3.8, 4) is 0 Å². The molecule has 0 radical (unpaired) electrons. The molecule has 0 N–H and O–H groups in total. The molecule has 1 rings (SSSR count). The molecule has 0 aromatic carbocycles. The molecule has 0 spiro atoms. The first-order chi connectivity index (χ1) is 6.21. The van der Waals surface area contributed by atoms with E-state index in [0.717, 1.165) is 13.1 Å². The lowest BCUT2D eigenvalue weighted by Gasteiger charge is -2.41. The lowest BCUT2D eigenvalue weighted by Crippen LogP contribution is -2.52. The van der Waals surface area contributed by atoms with Crippen molar-refractivity contribution in [3.63, 3.8) is 0 Å². The van der Waals surface area contributed by atoms with Crippen molar-refractivity contribution in [1.82, 2.24) is 9.80 Å². The molecular formula is C9H20N2. The van der Waals surface area contributed by atoms with Crippen molar-refractivity contribution in [2.24, 2.45) is 0 Å². The molecule has 1 fully saturated rings. The summed E-state index contributed by atoms with van der Waals surface area (Å²) in [6.45, 7) is 7.57. The first kappa shape index (κ1) is 5.55. The van der Waals surface area contributed by atoms with Gasteiger partial charge in [-0.3, -0.25) is 4.90 Å². The van der Waals surface area contributed by atoms with E-state index in [1.165, 1.54) is 0 Å². The summed E-state index contributed by atoms with van der Waals surface area (Å²) in [5.74, 6) is 0. The summed E-state index contributed by atoms with van der Waals surface area (Å²) in [4.78, 5) is 3.91. The minimum Gasteiger partial charge on any atom is -0.304 e. The molecule has 0 aromatic heterocycles. The third-order valence-corrected chi connectivity index (χ3v) is 2.23. The molecule has 0 aliphatic carbocycles. The van der Waals surface area contributed by atoms with Crippen LogP contribution in [-0.4, -0.2) is 48.5 Å². The monoisotopic (exact) mass is 159 g/mol. The third-order valence-electron chi connectivity index (χ3n) is 2.23. The highest BCUT2D eigenvalue weighted by atomic mass is 15.3.